The summed E-state index contributed by atoms with van der Waals surface area (Å²) in [5, 5.41) is 16.8. The molecule has 128 valence electrons. The fourth-order valence-electron chi connectivity index (χ4n) is 2.03. The summed E-state index contributed by atoms with van der Waals surface area (Å²) in [4.78, 5) is 24.2. The van der Waals surface area contributed by atoms with Gasteiger partial charge in [0.15, 0.2) is 0 Å². The molecule has 11 heteroatoms. The Labute approximate surface area is 155 Å². The molecule has 0 aliphatic carbocycles. The maximum atomic E-state index is 13.1. The van der Waals surface area contributed by atoms with Crippen molar-refractivity contribution in [3.05, 3.63) is 45.8 Å². The number of halogens is 2. The van der Waals surface area contributed by atoms with Crippen LogP contribution in [0.5, 0.6) is 0 Å². The number of benzene rings is 1. The third-order valence-corrected chi connectivity index (χ3v) is 4.79. The second kappa shape index (κ2) is 6.90. The SMILES string of the molecule is O=C(O)CN1C(=O)/C(=C/c2cn(-c3ccc(F)cc3Cl)nn2)SC1=S. The lowest BCUT2D eigenvalue weighted by Gasteiger charge is -2.09. The molecular formula is C14H8ClFN4O3S2. The molecule has 0 radical (unpaired) electrons. The van der Waals surface area contributed by atoms with Crippen molar-refractivity contribution in [1.82, 2.24) is 19.9 Å². The van der Waals surface area contributed by atoms with E-state index < -0.39 is 24.2 Å². The first-order chi connectivity index (χ1) is 11.8. The summed E-state index contributed by atoms with van der Waals surface area (Å²) in [6, 6.07) is 3.83. The Morgan fingerprint density at radius 3 is 2.92 bits per heavy atom. The molecule has 3 rings (SSSR count). The number of hydrogen-bond donors (Lipinski definition) is 1. The number of hydrogen-bond acceptors (Lipinski definition) is 6. The quantitative estimate of drug-likeness (QED) is 0.624. The standard InChI is InChI=1S/C14H8ClFN4O3S2/c15-9-3-7(16)1-2-10(9)20-5-8(17-18-20)4-11-13(23)19(6-12(21)22)14(24)25-11/h1-5H,6H2,(H,21,22)/b11-4-. The number of carboxylic acids is 1. The van der Waals surface area contributed by atoms with Crippen molar-refractivity contribution < 1.29 is 19.1 Å². The highest BCUT2D eigenvalue weighted by molar-refractivity contribution is 8.26. The van der Waals surface area contributed by atoms with E-state index in [4.69, 9.17) is 28.9 Å². The molecule has 1 fully saturated rings. The number of thiocarbonyl (C=S) groups is 1. The van der Waals surface area contributed by atoms with Crippen molar-refractivity contribution in [3.8, 4) is 5.69 Å². The fourth-order valence-corrected chi connectivity index (χ4v) is 3.53. The summed E-state index contributed by atoms with van der Waals surface area (Å²) in [6.07, 6.45) is 2.95. The largest absolute Gasteiger partial charge is 0.480 e. The molecule has 1 aliphatic heterocycles. The molecule has 0 unspecified atom stereocenters. The molecular weight excluding hydrogens is 391 g/mol. The Morgan fingerprint density at radius 2 is 2.24 bits per heavy atom. The summed E-state index contributed by atoms with van der Waals surface area (Å²) < 4.78 is 14.6. The molecule has 2 heterocycles. The van der Waals surface area contributed by atoms with Gasteiger partial charge < -0.3 is 5.11 Å². The molecule has 0 bridgehead atoms. The number of amides is 1. The Balaban J connectivity index is 1.86. The van der Waals surface area contributed by atoms with Crippen molar-refractivity contribution in [2.24, 2.45) is 0 Å². The van der Waals surface area contributed by atoms with E-state index in [0.29, 0.717) is 11.4 Å². The number of carbonyl (C=O) groups is 2. The molecule has 0 spiro atoms. The van der Waals surface area contributed by atoms with Gasteiger partial charge in [-0.25, -0.2) is 9.07 Å². The van der Waals surface area contributed by atoms with Crippen LogP contribution in [0.1, 0.15) is 5.69 Å². The lowest BCUT2D eigenvalue weighted by Crippen LogP contribution is -2.33. The predicted molar refractivity (Wildman–Crippen MR) is 93.8 cm³/mol. The third kappa shape index (κ3) is 3.70. The first-order valence-corrected chi connectivity index (χ1v) is 8.30. The number of thioether (sulfide) groups is 1. The molecule has 1 N–H and O–H groups in total. The van der Waals surface area contributed by atoms with Gasteiger partial charge in [0.05, 0.1) is 21.8 Å². The Morgan fingerprint density at radius 1 is 1.48 bits per heavy atom. The van der Waals surface area contributed by atoms with Gasteiger partial charge in [-0.15, -0.1) is 5.10 Å². The average Bonchev–Trinajstić information content (AvgIpc) is 3.08. The Hall–Kier alpha value is -2.30. The van der Waals surface area contributed by atoms with Gasteiger partial charge >= 0.3 is 5.97 Å². The van der Waals surface area contributed by atoms with Gasteiger partial charge in [0.25, 0.3) is 5.91 Å². The predicted octanol–water partition coefficient (Wildman–Crippen LogP) is 2.35. The van der Waals surface area contributed by atoms with E-state index in [0.717, 1.165) is 22.7 Å². The number of carboxylic acid groups (broad SMARTS) is 1. The summed E-state index contributed by atoms with van der Waals surface area (Å²) in [5.74, 6) is -2.14. The highest BCUT2D eigenvalue weighted by Crippen LogP contribution is 2.32. The van der Waals surface area contributed by atoms with Crippen LogP contribution in [0, 0.1) is 5.82 Å². The molecule has 0 atom stereocenters. The normalized spacial score (nSPS) is 16.1. The number of carbonyl (C=O) groups excluding carboxylic acids is 1. The highest BCUT2D eigenvalue weighted by atomic mass is 35.5. The number of rotatable bonds is 4. The minimum Gasteiger partial charge on any atom is -0.480 e. The minimum atomic E-state index is -1.16. The van der Waals surface area contributed by atoms with Gasteiger partial charge in [0.1, 0.15) is 22.4 Å². The van der Waals surface area contributed by atoms with Crippen molar-refractivity contribution in [2.45, 2.75) is 0 Å². The van der Waals surface area contributed by atoms with Crippen LogP contribution < -0.4 is 0 Å². The molecule has 0 saturated carbocycles. The maximum Gasteiger partial charge on any atom is 0.323 e. The van der Waals surface area contributed by atoms with E-state index >= 15 is 0 Å². The van der Waals surface area contributed by atoms with Crippen LogP contribution in [-0.2, 0) is 9.59 Å². The van der Waals surface area contributed by atoms with E-state index in [1.54, 1.807) is 0 Å². The van der Waals surface area contributed by atoms with Gasteiger partial charge in [0.2, 0.25) is 0 Å². The Kier molecular flexibility index (Phi) is 4.84. The molecule has 1 aliphatic rings. The van der Waals surface area contributed by atoms with Gasteiger partial charge in [-0.1, -0.05) is 40.8 Å². The number of aromatic nitrogens is 3. The van der Waals surface area contributed by atoms with Crippen LogP contribution in [0.4, 0.5) is 4.39 Å². The summed E-state index contributed by atoms with van der Waals surface area (Å²) >= 11 is 12.0. The van der Waals surface area contributed by atoms with Crippen LogP contribution in [-0.4, -0.2) is 47.7 Å². The number of aliphatic carboxylic acids is 1. The second-order valence-electron chi connectivity index (χ2n) is 4.85. The molecule has 1 saturated heterocycles. The third-order valence-electron chi connectivity index (χ3n) is 3.11. The maximum absolute atomic E-state index is 13.1. The monoisotopic (exact) mass is 398 g/mol. The zero-order valence-electron chi connectivity index (χ0n) is 12.2. The van der Waals surface area contributed by atoms with Crippen LogP contribution in [0.25, 0.3) is 11.8 Å². The lowest BCUT2D eigenvalue weighted by atomic mass is 10.3. The van der Waals surface area contributed by atoms with E-state index in [1.807, 2.05) is 0 Å². The topological polar surface area (TPSA) is 88.3 Å². The summed E-state index contributed by atoms with van der Waals surface area (Å²) in [7, 11) is 0. The van der Waals surface area contributed by atoms with Gasteiger partial charge in [0, 0.05) is 0 Å². The first-order valence-electron chi connectivity index (χ1n) is 6.70. The fraction of sp³-hybridized carbons (Fsp3) is 0.0714. The smallest absolute Gasteiger partial charge is 0.323 e. The van der Waals surface area contributed by atoms with Crippen molar-refractivity contribution in [3.63, 3.8) is 0 Å². The van der Waals surface area contributed by atoms with Gasteiger partial charge in [-0.3, -0.25) is 14.5 Å². The van der Waals surface area contributed by atoms with Crippen LogP contribution in [0.15, 0.2) is 29.3 Å². The zero-order valence-corrected chi connectivity index (χ0v) is 14.6. The molecule has 1 aromatic heterocycles. The van der Waals surface area contributed by atoms with Crippen molar-refractivity contribution >= 4 is 57.9 Å². The lowest BCUT2D eigenvalue weighted by molar-refractivity contribution is -0.140. The first kappa shape index (κ1) is 17.5. The van der Waals surface area contributed by atoms with Crippen LogP contribution in [0.2, 0.25) is 5.02 Å². The molecule has 1 amide bonds. The van der Waals surface area contributed by atoms with E-state index in [9.17, 15) is 14.0 Å². The Bertz CT molecular complexity index is 931. The van der Waals surface area contributed by atoms with Gasteiger partial charge in [-0.05, 0) is 24.3 Å². The molecule has 2 aromatic rings. The molecule has 25 heavy (non-hydrogen) atoms. The highest BCUT2D eigenvalue weighted by Gasteiger charge is 2.33. The second-order valence-corrected chi connectivity index (χ2v) is 6.93. The van der Waals surface area contributed by atoms with E-state index in [-0.39, 0.29) is 14.2 Å². The summed E-state index contributed by atoms with van der Waals surface area (Å²) in [5.41, 5.74) is 0.768. The summed E-state index contributed by atoms with van der Waals surface area (Å²) in [6.45, 7) is -0.500. The van der Waals surface area contributed by atoms with Crippen LogP contribution in [0.3, 0.4) is 0 Å². The zero-order chi connectivity index (χ0) is 18.1. The minimum absolute atomic E-state index is 0.157. The van der Waals surface area contributed by atoms with E-state index in [1.165, 1.54) is 29.1 Å². The molecule has 1 aromatic carbocycles. The van der Waals surface area contributed by atoms with Crippen LogP contribution >= 0.6 is 35.6 Å². The van der Waals surface area contributed by atoms with E-state index in [2.05, 4.69) is 10.3 Å². The number of nitrogens with zero attached hydrogens (tertiary/aromatic N) is 4. The molecule has 7 nitrogen and oxygen atoms in total. The van der Waals surface area contributed by atoms with Crippen molar-refractivity contribution in [1.29, 1.82) is 0 Å². The average molecular weight is 399 g/mol. The van der Waals surface area contributed by atoms with Crippen molar-refractivity contribution in [2.75, 3.05) is 6.54 Å². The van der Waals surface area contributed by atoms with Gasteiger partial charge in [-0.2, -0.15) is 0 Å².